The van der Waals surface area contributed by atoms with Crippen molar-refractivity contribution in [1.29, 1.82) is 0 Å². The van der Waals surface area contributed by atoms with Gasteiger partial charge in [0, 0.05) is 12.1 Å². The Bertz CT molecular complexity index is 800. The van der Waals surface area contributed by atoms with E-state index in [1.165, 1.54) is 0 Å². The molecule has 8 nitrogen and oxygen atoms in total. The molecule has 0 radical (unpaired) electrons. The van der Waals surface area contributed by atoms with Crippen molar-refractivity contribution in [3.8, 4) is 0 Å². The Kier molecular flexibility index (Phi) is 3.34. The maximum absolute atomic E-state index is 12.2. The predicted octanol–water partition coefficient (Wildman–Crippen LogP) is 0.425. The van der Waals surface area contributed by atoms with Crippen LogP contribution < -0.4 is 21.9 Å². The first-order chi connectivity index (χ1) is 10.5. The third-order valence-electron chi connectivity index (χ3n) is 3.33. The standard InChI is InChI=1S/C14H13N5O3/c15-11(21)8-6-9(20)17-12-10(8)13(22)19-14(18-12)16-7-4-2-1-3-5-7/h1-5,8H,6H2,(H2,15,21)(H3,16,17,18,19,20,22)/t8-/m1/s1. The van der Waals surface area contributed by atoms with Crippen LogP contribution in [0.5, 0.6) is 0 Å². The van der Waals surface area contributed by atoms with Crippen LogP contribution >= 0.6 is 0 Å². The molecule has 0 bridgehead atoms. The first-order valence-electron chi connectivity index (χ1n) is 6.60. The van der Waals surface area contributed by atoms with Crippen LogP contribution in [0.25, 0.3) is 0 Å². The molecule has 1 aromatic carbocycles. The summed E-state index contributed by atoms with van der Waals surface area (Å²) in [5, 5.41) is 5.41. The van der Waals surface area contributed by atoms with Gasteiger partial charge in [-0.05, 0) is 12.1 Å². The fraction of sp³-hybridized carbons (Fsp3) is 0.143. The quantitative estimate of drug-likeness (QED) is 0.652. The number of aromatic amines is 1. The largest absolute Gasteiger partial charge is 0.369 e. The van der Waals surface area contributed by atoms with E-state index < -0.39 is 23.3 Å². The van der Waals surface area contributed by atoms with Crippen LogP contribution in [0.2, 0.25) is 0 Å². The van der Waals surface area contributed by atoms with E-state index in [0.29, 0.717) is 0 Å². The third kappa shape index (κ3) is 2.53. The van der Waals surface area contributed by atoms with Crippen molar-refractivity contribution in [3.63, 3.8) is 0 Å². The van der Waals surface area contributed by atoms with E-state index >= 15 is 0 Å². The number of H-pyrrole nitrogens is 1. The lowest BCUT2D eigenvalue weighted by molar-refractivity contribution is -0.124. The van der Waals surface area contributed by atoms with Crippen LogP contribution in [0, 0.1) is 0 Å². The number of rotatable bonds is 3. The number of primary amides is 1. The average molecular weight is 299 g/mol. The molecule has 3 rings (SSSR count). The summed E-state index contributed by atoms with van der Waals surface area (Å²) in [6.07, 6.45) is -0.154. The lowest BCUT2D eigenvalue weighted by Crippen LogP contribution is -2.36. The lowest BCUT2D eigenvalue weighted by Gasteiger charge is -2.21. The highest BCUT2D eigenvalue weighted by Crippen LogP contribution is 2.28. The van der Waals surface area contributed by atoms with Crippen LogP contribution in [0.15, 0.2) is 35.1 Å². The number of nitrogens with one attached hydrogen (secondary N) is 3. The van der Waals surface area contributed by atoms with E-state index in [4.69, 9.17) is 5.73 Å². The molecular formula is C14H13N5O3. The van der Waals surface area contributed by atoms with Gasteiger partial charge in [0.2, 0.25) is 17.8 Å². The van der Waals surface area contributed by atoms with E-state index in [0.717, 1.165) is 5.69 Å². The second kappa shape index (κ2) is 5.32. The maximum atomic E-state index is 12.2. The lowest BCUT2D eigenvalue weighted by atomic mass is 9.93. The average Bonchev–Trinajstić information content (AvgIpc) is 2.46. The van der Waals surface area contributed by atoms with Gasteiger partial charge in [0.1, 0.15) is 5.82 Å². The fourth-order valence-electron chi connectivity index (χ4n) is 2.33. The van der Waals surface area contributed by atoms with Gasteiger partial charge in [-0.2, -0.15) is 4.98 Å². The summed E-state index contributed by atoms with van der Waals surface area (Å²) in [6.45, 7) is 0. The highest BCUT2D eigenvalue weighted by Gasteiger charge is 2.33. The Hall–Kier alpha value is -3.16. The minimum atomic E-state index is -0.967. The number of hydrogen-bond acceptors (Lipinski definition) is 5. The molecule has 0 fully saturated rings. The second-order valence-corrected chi connectivity index (χ2v) is 4.88. The maximum Gasteiger partial charge on any atom is 0.258 e. The number of aromatic nitrogens is 2. The Morgan fingerprint density at radius 3 is 2.68 bits per heavy atom. The molecule has 2 heterocycles. The molecule has 1 aromatic heterocycles. The van der Waals surface area contributed by atoms with Crippen molar-refractivity contribution in [2.24, 2.45) is 5.73 Å². The van der Waals surface area contributed by atoms with E-state index in [-0.39, 0.29) is 23.8 Å². The molecule has 8 heteroatoms. The van der Waals surface area contributed by atoms with Crippen LogP contribution in [-0.4, -0.2) is 21.8 Å². The molecule has 0 spiro atoms. The van der Waals surface area contributed by atoms with Gasteiger partial charge in [-0.1, -0.05) is 18.2 Å². The number of amides is 2. The number of nitrogens with two attached hydrogens (primary N) is 1. The normalized spacial score (nSPS) is 16.5. The molecule has 22 heavy (non-hydrogen) atoms. The second-order valence-electron chi connectivity index (χ2n) is 4.88. The molecule has 5 N–H and O–H groups in total. The number of carbonyl (C=O) groups excluding carboxylic acids is 2. The molecule has 0 unspecified atom stereocenters. The summed E-state index contributed by atoms with van der Waals surface area (Å²) >= 11 is 0. The van der Waals surface area contributed by atoms with Crippen LogP contribution in [-0.2, 0) is 9.59 Å². The highest BCUT2D eigenvalue weighted by molar-refractivity contribution is 5.99. The van der Waals surface area contributed by atoms with Crippen LogP contribution in [0.1, 0.15) is 17.9 Å². The van der Waals surface area contributed by atoms with Crippen molar-refractivity contribution in [2.45, 2.75) is 12.3 Å². The molecule has 0 saturated heterocycles. The van der Waals surface area contributed by atoms with Crippen molar-refractivity contribution in [2.75, 3.05) is 10.6 Å². The van der Waals surface area contributed by atoms with Gasteiger partial charge in [-0.15, -0.1) is 0 Å². The molecule has 0 aliphatic carbocycles. The van der Waals surface area contributed by atoms with Gasteiger partial charge in [0.15, 0.2) is 0 Å². The third-order valence-corrected chi connectivity index (χ3v) is 3.33. The minimum Gasteiger partial charge on any atom is -0.369 e. The number of fused-ring (bicyclic) bond motifs is 1. The SMILES string of the molecule is NC(=O)[C@@H]1CC(=O)Nc2nc(Nc3ccccc3)[nH]c(=O)c21. The van der Waals surface area contributed by atoms with Crippen LogP contribution in [0.3, 0.4) is 0 Å². The summed E-state index contributed by atoms with van der Waals surface area (Å²) in [4.78, 5) is 42.0. The Balaban J connectivity index is 2.02. The Labute approximate surface area is 124 Å². The number of anilines is 3. The summed E-state index contributed by atoms with van der Waals surface area (Å²) in [7, 11) is 0. The van der Waals surface area contributed by atoms with Gasteiger partial charge >= 0.3 is 0 Å². The molecular weight excluding hydrogens is 286 g/mol. The molecule has 0 saturated carbocycles. The zero-order valence-electron chi connectivity index (χ0n) is 11.4. The van der Waals surface area contributed by atoms with E-state index in [1.807, 2.05) is 18.2 Å². The zero-order valence-corrected chi connectivity index (χ0v) is 11.4. The number of para-hydroxylation sites is 1. The molecule has 2 aromatic rings. The highest BCUT2D eigenvalue weighted by atomic mass is 16.2. The topological polar surface area (TPSA) is 130 Å². The number of benzene rings is 1. The molecule has 1 aliphatic rings. The smallest absolute Gasteiger partial charge is 0.258 e. The minimum absolute atomic E-state index is 0.0576. The van der Waals surface area contributed by atoms with Gasteiger partial charge in [-0.3, -0.25) is 19.4 Å². The summed E-state index contributed by atoms with van der Waals surface area (Å²) in [5.41, 5.74) is 5.56. The summed E-state index contributed by atoms with van der Waals surface area (Å²) < 4.78 is 0. The summed E-state index contributed by atoms with van der Waals surface area (Å²) in [6, 6.07) is 9.09. The van der Waals surface area contributed by atoms with Crippen molar-refractivity contribution in [1.82, 2.24) is 9.97 Å². The van der Waals surface area contributed by atoms with Crippen LogP contribution in [0.4, 0.5) is 17.5 Å². The first kappa shape index (κ1) is 13.8. The van der Waals surface area contributed by atoms with Crippen molar-refractivity contribution < 1.29 is 9.59 Å². The number of nitrogens with zero attached hydrogens (tertiary/aromatic N) is 1. The molecule has 112 valence electrons. The fourth-order valence-corrected chi connectivity index (χ4v) is 2.33. The zero-order chi connectivity index (χ0) is 15.7. The predicted molar refractivity (Wildman–Crippen MR) is 79.8 cm³/mol. The summed E-state index contributed by atoms with van der Waals surface area (Å²) in [5.74, 6) is -1.87. The van der Waals surface area contributed by atoms with E-state index in [1.54, 1.807) is 12.1 Å². The van der Waals surface area contributed by atoms with Gasteiger partial charge in [0.05, 0.1) is 11.5 Å². The van der Waals surface area contributed by atoms with E-state index in [9.17, 15) is 14.4 Å². The Morgan fingerprint density at radius 1 is 1.27 bits per heavy atom. The van der Waals surface area contributed by atoms with Crippen molar-refractivity contribution >= 4 is 29.3 Å². The molecule has 1 atom stereocenters. The molecule has 1 aliphatic heterocycles. The number of carbonyl (C=O) groups is 2. The van der Waals surface area contributed by atoms with Crippen molar-refractivity contribution in [3.05, 3.63) is 46.2 Å². The number of hydrogen-bond donors (Lipinski definition) is 4. The molecule has 2 amide bonds. The van der Waals surface area contributed by atoms with E-state index in [2.05, 4.69) is 20.6 Å². The Morgan fingerprint density at radius 2 is 2.00 bits per heavy atom. The monoisotopic (exact) mass is 299 g/mol. The van der Waals surface area contributed by atoms with Gasteiger partial charge < -0.3 is 16.4 Å². The van der Waals surface area contributed by atoms with Gasteiger partial charge in [-0.25, -0.2) is 0 Å². The first-order valence-corrected chi connectivity index (χ1v) is 6.60. The van der Waals surface area contributed by atoms with Gasteiger partial charge in [0.25, 0.3) is 5.56 Å².